The zero-order valence-electron chi connectivity index (χ0n) is 27.8. The van der Waals surface area contributed by atoms with Crippen molar-refractivity contribution in [1.29, 1.82) is 0 Å². The summed E-state index contributed by atoms with van der Waals surface area (Å²) in [5.41, 5.74) is 7.40. The van der Waals surface area contributed by atoms with E-state index in [1.807, 2.05) is 60.8 Å². The van der Waals surface area contributed by atoms with Gasteiger partial charge in [0.2, 0.25) is 0 Å². The van der Waals surface area contributed by atoms with E-state index in [1.54, 1.807) is 0 Å². The highest BCUT2D eigenvalue weighted by molar-refractivity contribution is 6.09. The van der Waals surface area contributed by atoms with Gasteiger partial charge in [-0.2, -0.15) is 0 Å². The molecule has 6 nitrogen and oxygen atoms in total. The Morgan fingerprint density at radius 3 is 2.23 bits per heavy atom. The van der Waals surface area contributed by atoms with E-state index in [9.17, 15) is 0 Å². The second kappa shape index (κ2) is 11.3. The Bertz CT molecular complexity index is 3020. The summed E-state index contributed by atoms with van der Waals surface area (Å²) in [5, 5.41) is 6.45. The fourth-order valence-electron chi connectivity index (χ4n) is 7.81. The number of aromatic nitrogens is 4. The lowest BCUT2D eigenvalue weighted by molar-refractivity contribution is 0.288. The molecule has 0 bridgehead atoms. The van der Waals surface area contributed by atoms with Crippen molar-refractivity contribution in [3.8, 4) is 51.0 Å². The summed E-state index contributed by atoms with van der Waals surface area (Å²) in [6, 6.07) is 47.7. The Hall–Kier alpha value is -6.92. The highest BCUT2D eigenvalue weighted by Gasteiger charge is 2.37. The number of benzene rings is 6. The molecule has 0 spiro atoms. The number of hydrogen-bond acceptors (Lipinski definition) is 6. The molecule has 0 N–H and O–H groups in total. The van der Waals surface area contributed by atoms with Gasteiger partial charge in [0.15, 0.2) is 17.5 Å². The van der Waals surface area contributed by atoms with Crippen LogP contribution in [-0.2, 0) is 0 Å². The van der Waals surface area contributed by atoms with Crippen molar-refractivity contribution in [2.45, 2.75) is 12.0 Å². The Kier molecular flexibility index (Phi) is 6.28. The van der Waals surface area contributed by atoms with Crippen molar-refractivity contribution in [3.05, 3.63) is 162 Å². The van der Waals surface area contributed by atoms with Crippen molar-refractivity contribution in [2.75, 3.05) is 0 Å². The number of hydrogen-bond donors (Lipinski definition) is 0. The van der Waals surface area contributed by atoms with E-state index in [4.69, 9.17) is 24.1 Å². The zero-order chi connectivity index (χ0) is 34.2. The first-order valence-corrected chi connectivity index (χ1v) is 17.4. The summed E-state index contributed by atoms with van der Waals surface area (Å²) >= 11 is 0. The molecule has 4 heterocycles. The average Bonchev–Trinajstić information content (AvgIpc) is 3.77. The van der Waals surface area contributed by atoms with Crippen LogP contribution in [0.25, 0.3) is 90.2 Å². The van der Waals surface area contributed by atoms with Crippen molar-refractivity contribution in [2.24, 2.45) is 0 Å². The molecule has 2 unspecified atom stereocenters. The van der Waals surface area contributed by atoms with Crippen LogP contribution in [0.5, 0.6) is 5.75 Å². The summed E-state index contributed by atoms with van der Waals surface area (Å²) in [7, 11) is 0. The molecule has 0 saturated carbocycles. The minimum atomic E-state index is -0.219. The summed E-state index contributed by atoms with van der Waals surface area (Å²) in [5.74, 6) is 2.54. The quantitative estimate of drug-likeness (QED) is 0.186. The molecule has 6 heteroatoms. The molecule has 6 aromatic carbocycles. The highest BCUT2D eigenvalue weighted by Crippen LogP contribution is 2.49. The Morgan fingerprint density at radius 2 is 1.31 bits per heavy atom. The largest absolute Gasteiger partial charge is 0.485 e. The topological polar surface area (TPSA) is 73.9 Å². The third-order valence-electron chi connectivity index (χ3n) is 10.3. The maximum atomic E-state index is 6.81. The van der Waals surface area contributed by atoms with Crippen LogP contribution in [0, 0.1) is 0 Å². The molecule has 0 saturated heterocycles. The molecule has 11 rings (SSSR count). The standard InChI is InChI=1S/C46H28N4O2/c1-2-11-28(12-3-1)44-48-45(31-20-19-27-10-4-5-13-29(27)22-31)50-46(49-44)37-24-32(33-16-8-17-35-34-15-6-7-18-39(34)52-43(33)35)25-41-42(37)36-23-30-14-9-21-47-38(30)26-40(36)51-41/h1-26,36,40H. The maximum absolute atomic E-state index is 6.81. The molecule has 2 aliphatic rings. The lowest BCUT2D eigenvalue weighted by Gasteiger charge is -2.17. The summed E-state index contributed by atoms with van der Waals surface area (Å²) in [4.78, 5) is 20.2. The van der Waals surface area contributed by atoms with E-state index in [0.29, 0.717) is 17.5 Å². The summed E-state index contributed by atoms with van der Waals surface area (Å²) in [6.45, 7) is 0. The van der Waals surface area contributed by atoms with E-state index >= 15 is 0 Å². The van der Waals surface area contributed by atoms with Crippen molar-refractivity contribution >= 4 is 44.9 Å². The first-order chi connectivity index (χ1) is 25.7. The molecule has 1 aliphatic carbocycles. The van der Waals surface area contributed by atoms with Gasteiger partial charge in [-0.05, 0) is 58.0 Å². The Balaban J connectivity index is 1.19. The molecule has 52 heavy (non-hydrogen) atoms. The van der Waals surface area contributed by atoms with Crippen molar-refractivity contribution in [1.82, 2.24) is 19.9 Å². The van der Waals surface area contributed by atoms with Gasteiger partial charge in [0.05, 0.1) is 5.35 Å². The van der Waals surface area contributed by atoms with Gasteiger partial charge in [0, 0.05) is 50.7 Å². The second-order valence-corrected chi connectivity index (χ2v) is 13.4. The van der Waals surface area contributed by atoms with Crippen LogP contribution in [-0.4, -0.2) is 26.0 Å². The second-order valence-electron chi connectivity index (χ2n) is 13.4. The number of fused-ring (bicyclic) bond motifs is 8. The number of rotatable bonds is 4. The van der Waals surface area contributed by atoms with Gasteiger partial charge >= 0.3 is 0 Å². The van der Waals surface area contributed by atoms with E-state index < -0.39 is 0 Å². The normalized spacial score (nSPS) is 15.8. The van der Waals surface area contributed by atoms with Gasteiger partial charge in [-0.15, -0.1) is 0 Å². The Morgan fingerprint density at radius 1 is 0.519 bits per heavy atom. The molecule has 2 atom stereocenters. The number of furan rings is 1. The third-order valence-corrected chi connectivity index (χ3v) is 10.3. The predicted molar refractivity (Wildman–Crippen MR) is 206 cm³/mol. The van der Waals surface area contributed by atoms with Crippen LogP contribution >= 0.6 is 0 Å². The maximum Gasteiger partial charge on any atom is 0.164 e. The molecular formula is C46H28N4O2. The number of para-hydroxylation sites is 2. The van der Waals surface area contributed by atoms with Crippen LogP contribution in [0.3, 0.4) is 0 Å². The number of nitrogens with zero attached hydrogens (tertiary/aromatic N) is 4. The van der Waals surface area contributed by atoms with Crippen LogP contribution < -0.4 is 15.3 Å². The monoisotopic (exact) mass is 668 g/mol. The number of pyridine rings is 1. The molecule has 0 radical (unpaired) electrons. The lowest BCUT2D eigenvalue weighted by atomic mass is 9.86. The first kappa shape index (κ1) is 28.9. The van der Waals surface area contributed by atoms with Gasteiger partial charge in [0.1, 0.15) is 23.0 Å². The van der Waals surface area contributed by atoms with E-state index in [0.717, 1.165) is 82.4 Å². The summed E-state index contributed by atoms with van der Waals surface area (Å²) in [6.07, 6.45) is 6.01. The fourth-order valence-corrected chi connectivity index (χ4v) is 7.81. The smallest absolute Gasteiger partial charge is 0.164 e. The SMILES string of the molecule is C1=c2cccnc2=CC2Oc3cc(-c4cccc5c4oc4ccccc45)cc(-c4nc(-c5ccccc5)nc(-c5ccc6ccccc6c5)n4)c3C12. The molecule has 1 aliphatic heterocycles. The van der Waals surface area contributed by atoms with Gasteiger partial charge in [-0.25, -0.2) is 15.0 Å². The van der Waals surface area contributed by atoms with Crippen molar-refractivity contribution in [3.63, 3.8) is 0 Å². The average molecular weight is 669 g/mol. The zero-order valence-corrected chi connectivity index (χ0v) is 27.8. The van der Waals surface area contributed by atoms with Crippen LogP contribution in [0.1, 0.15) is 11.5 Å². The van der Waals surface area contributed by atoms with Gasteiger partial charge in [-0.1, -0.05) is 115 Å². The van der Waals surface area contributed by atoms with Crippen molar-refractivity contribution < 1.29 is 9.15 Å². The first-order valence-electron chi connectivity index (χ1n) is 17.4. The highest BCUT2D eigenvalue weighted by atomic mass is 16.5. The molecule has 3 aromatic heterocycles. The van der Waals surface area contributed by atoms with Gasteiger partial charge in [0.25, 0.3) is 0 Å². The van der Waals surface area contributed by atoms with Crippen LogP contribution in [0.4, 0.5) is 0 Å². The van der Waals surface area contributed by atoms with E-state index in [2.05, 4.69) is 102 Å². The minimum absolute atomic E-state index is 0.0567. The summed E-state index contributed by atoms with van der Waals surface area (Å²) < 4.78 is 13.3. The molecular weight excluding hydrogens is 641 g/mol. The predicted octanol–water partition coefficient (Wildman–Crippen LogP) is 9.11. The van der Waals surface area contributed by atoms with Gasteiger partial charge < -0.3 is 9.15 Å². The van der Waals surface area contributed by atoms with Gasteiger partial charge in [-0.3, -0.25) is 4.98 Å². The van der Waals surface area contributed by atoms with Crippen LogP contribution in [0.15, 0.2) is 150 Å². The lowest BCUT2D eigenvalue weighted by Crippen LogP contribution is -2.36. The minimum Gasteiger partial charge on any atom is -0.485 e. The molecule has 244 valence electrons. The Labute approximate surface area is 298 Å². The van der Waals surface area contributed by atoms with E-state index in [1.165, 1.54) is 0 Å². The number of ether oxygens (including phenoxy) is 1. The fraction of sp³-hybridized carbons (Fsp3) is 0.0435. The molecule has 0 amide bonds. The third kappa shape index (κ3) is 4.58. The molecule has 0 fully saturated rings. The molecule has 9 aromatic rings. The van der Waals surface area contributed by atoms with Crippen LogP contribution in [0.2, 0.25) is 0 Å². The van der Waals surface area contributed by atoms with E-state index in [-0.39, 0.29) is 12.0 Å².